The van der Waals surface area contributed by atoms with E-state index >= 15 is 0 Å². The van der Waals surface area contributed by atoms with Gasteiger partial charge in [0.25, 0.3) is 5.91 Å². The van der Waals surface area contributed by atoms with Crippen molar-refractivity contribution >= 4 is 11.8 Å². The van der Waals surface area contributed by atoms with Gasteiger partial charge < -0.3 is 5.11 Å². The van der Waals surface area contributed by atoms with E-state index in [0.29, 0.717) is 26.1 Å². The Hall–Kier alpha value is -1.83. The number of nitrogens with zero attached hydrogens (tertiary/aromatic N) is 4. The maximum absolute atomic E-state index is 12.7. The normalized spacial score (nSPS) is 30.6. The third kappa shape index (κ3) is 2.11. The number of hydrogen-bond acceptors (Lipinski definition) is 6. The molecule has 0 aromatic carbocycles. The lowest BCUT2D eigenvalue weighted by Crippen LogP contribution is -2.80. The number of rotatable bonds is 2. The predicted octanol–water partition coefficient (Wildman–Crippen LogP) is -0.930. The van der Waals surface area contributed by atoms with E-state index in [1.807, 2.05) is 17.0 Å². The van der Waals surface area contributed by atoms with Crippen molar-refractivity contribution in [1.29, 1.82) is 0 Å². The number of imide groups is 1. The highest BCUT2D eigenvalue weighted by molar-refractivity contribution is 6.05. The van der Waals surface area contributed by atoms with E-state index in [2.05, 4.69) is 9.88 Å². The SMILES string of the molecule is CN1C(=O)C2CC(O)CN2C2(CN(Cc3ccncc3)C2)C1=O. The van der Waals surface area contributed by atoms with Crippen LogP contribution < -0.4 is 0 Å². The van der Waals surface area contributed by atoms with Crippen molar-refractivity contribution < 1.29 is 14.7 Å². The van der Waals surface area contributed by atoms with Gasteiger partial charge in [-0.1, -0.05) is 0 Å². The number of carbonyl (C=O) groups excluding carboxylic acids is 2. The Kier molecular flexibility index (Phi) is 3.26. The largest absolute Gasteiger partial charge is 0.392 e. The molecule has 7 heteroatoms. The number of aliphatic hydroxyl groups is 1. The number of fused-ring (bicyclic) bond motifs is 2. The van der Waals surface area contributed by atoms with Crippen LogP contribution in [0.2, 0.25) is 0 Å². The summed E-state index contributed by atoms with van der Waals surface area (Å²) in [7, 11) is 1.56. The highest BCUT2D eigenvalue weighted by Gasteiger charge is 2.63. The fourth-order valence-electron chi connectivity index (χ4n) is 4.15. The number of aliphatic hydroxyl groups excluding tert-OH is 1. The summed E-state index contributed by atoms with van der Waals surface area (Å²) in [6.07, 6.45) is 3.41. The number of carbonyl (C=O) groups is 2. The molecule has 122 valence electrons. The molecule has 3 aliphatic heterocycles. The minimum Gasteiger partial charge on any atom is -0.392 e. The first kappa shape index (κ1) is 14.7. The van der Waals surface area contributed by atoms with Crippen molar-refractivity contribution in [3.05, 3.63) is 30.1 Å². The first-order valence-corrected chi connectivity index (χ1v) is 7.89. The number of aromatic nitrogens is 1. The van der Waals surface area contributed by atoms with Gasteiger partial charge in [0.05, 0.1) is 12.1 Å². The van der Waals surface area contributed by atoms with Gasteiger partial charge in [-0.15, -0.1) is 0 Å². The Bertz CT molecular complexity index is 644. The van der Waals surface area contributed by atoms with Crippen molar-refractivity contribution in [2.75, 3.05) is 26.7 Å². The number of hydrogen-bond donors (Lipinski definition) is 1. The van der Waals surface area contributed by atoms with Gasteiger partial charge in [0.2, 0.25) is 5.91 Å². The molecule has 2 amide bonds. The van der Waals surface area contributed by atoms with Crippen molar-refractivity contribution in [3.63, 3.8) is 0 Å². The van der Waals surface area contributed by atoms with Crippen LogP contribution in [0.5, 0.6) is 0 Å². The second-order valence-electron chi connectivity index (χ2n) is 6.79. The smallest absolute Gasteiger partial charge is 0.252 e. The van der Waals surface area contributed by atoms with Crippen LogP contribution in [0.25, 0.3) is 0 Å². The summed E-state index contributed by atoms with van der Waals surface area (Å²) in [5, 5.41) is 9.96. The molecule has 7 nitrogen and oxygen atoms in total. The average molecular weight is 316 g/mol. The van der Waals surface area contributed by atoms with E-state index in [9.17, 15) is 14.7 Å². The van der Waals surface area contributed by atoms with Gasteiger partial charge in [-0.25, -0.2) is 0 Å². The summed E-state index contributed by atoms with van der Waals surface area (Å²) in [6, 6.07) is 3.56. The summed E-state index contributed by atoms with van der Waals surface area (Å²) in [5.41, 5.74) is 0.498. The standard InChI is InChI=1S/C16H20N4O3/c1-18-14(22)13-6-12(21)8-20(13)16(15(18)23)9-19(10-16)7-11-2-4-17-5-3-11/h2-5,12-13,21H,6-10H2,1H3. The topological polar surface area (TPSA) is 77.0 Å². The molecule has 3 saturated heterocycles. The molecule has 1 aromatic heterocycles. The van der Waals surface area contributed by atoms with Crippen molar-refractivity contribution in [1.82, 2.24) is 19.7 Å². The summed E-state index contributed by atoms with van der Waals surface area (Å²) in [4.78, 5) is 34.4. The summed E-state index contributed by atoms with van der Waals surface area (Å²) >= 11 is 0. The van der Waals surface area contributed by atoms with Crippen molar-refractivity contribution in [2.24, 2.45) is 0 Å². The highest BCUT2D eigenvalue weighted by atomic mass is 16.3. The molecule has 3 aliphatic rings. The van der Waals surface area contributed by atoms with E-state index < -0.39 is 11.6 Å². The monoisotopic (exact) mass is 316 g/mol. The minimum absolute atomic E-state index is 0.140. The first-order valence-electron chi connectivity index (χ1n) is 7.89. The molecule has 23 heavy (non-hydrogen) atoms. The third-order valence-corrected chi connectivity index (χ3v) is 5.27. The lowest BCUT2D eigenvalue weighted by Gasteiger charge is -2.58. The van der Waals surface area contributed by atoms with Gasteiger partial charge in [-0.2, -0.15) is 0 Å². The number of likely N-dealkylation sites (N-methyl/N-ethyl adjacent to an activating group) is 1. The number of likely N-dealkylation sites (tertiary alicyclic amines) is 1. The fourth-order valence-corrected chi connectivity index (χ4v) is 4.15. The maximum Gasteiger partial charge on any atom is 0.252 e. The molecule has 1 spiro atoms. The molecule has 4 heterocycles. The van der Waals surface area contributed by atoms with Crippen LogP contribution in [-0.4, -0.2) is 81.0 Å². The summed E-state index contributed by atoms with van der Waals surface area (Å²) < 4.78 is 0. The van der Waals surface area contributed by atoms with Crippen LogP contribution in [-0.2, 0) is 16.1 Å². The zero-order chi connectivity index (χ0) is 16.2. The summed E-state index contributed by atoms with van der Waals surface area (Å²) in [5.74, 6) is -0.330. The molecule has 3 fully saturated rings. The van der Waals surface area contributed by atoms with Crippen LogP contribution in [0.3, 0.4) is 0 Å². The average Bonchev–Trinajstić information content (AvgIpc) is 2.90. The van der Waals surface area contributed by atoms with Gasteiger partial charge in [0.1, 0.15) is 5.54 Å². The number of β-amino-alcohol motifs (C(OH)–C–C–N with tert-alkyl or cyclic N) is 1. The quantitative estimate of drug-likeness (QED) is 0.711. The molecule has 0 saturated carbocycles. The van der Waals surface area contributed by atoms with Crippen molar-refractivity contribution in [3.8, 4) is 0 Å². The molecule has 2 atom stereocenters. The zero-order valence-electron chi connectivity index (χ0n) is 13.1. The van der Waals surface area contributed by atoms with Crippen LogP contribution in [0.4, 0.5) is 0 Å². The van der Waals surface area contributed by atoms with E-state index in [4.69, 9.17) is 0 Å². The Balaban J connectivity index is 1.54. The Labute approximate surface area is 134 Å². The Morgan fingerprint density at radius 3 is 2.70 bits per heavy atom. The van der Waals surface area contributed by atoms with Crippen LogP contribution in [0.1, 0.15) is 12.0 Å². The molecule has 0 bridgehead atoms. The molecule has 1 aromatic rings. The van der Waals surface area contributed by atoms with Crippen LogP contribution in [0.15, 0.2) is 24.5 Å². The van der Waals surface area contributed by atoms with E-state index in [0.717, 1.165) is 12.1 Å². The lowest BCUT2D eigenvalue weighted by atomic mass is 9.82. The van der Waals surface area contributed by atoms with Gasteiger partial charge in [0.15, 0.2) is 0 Å². The molecule has 1 N–H and O–H groups in total. The zero-order valence-corrected chi connectivity index (χ0v) is 13.1. The minimum atomic E-state index is -0.655. The van der Waals surface area contributed by atoms with E-state index in [1.165, 1.54) is 4.90 Å². The van der Waals surface area contributed by atoms with Gasteiger partial charge >= 0.3 is 0 Å². The first-order chi connectivity index (χ1) is 11.0. The predicted molar refractivity (Wildman–Crippen MR) is 81.1 cm³/mol. The third-order valence-electron chi connectivity index (χ3n) is 5.27. The summed E-state index contributed by atoms with van der Waals surface area (Å²) in [6.45, 7) is 2.35. The number of pyridine rings is 1. The fraction of sp³-hybridized carbons (Fsp3) is 0.562. The molecule has 0 aliphatic carbocycles. The van der Waals surface area contributed by atoms with Gasteiger partial charge in [-0.05, 0) is 24.1 Å². The molecular weight excluding hydrogens is 296 g/mol. The van der Waals surface area contributed by atoms with Crippen LogP contribution >= 0.6 is 0 Å². The Morgan fingerprint density at radius 1 is 1.30 bits per heavy atom. The lowest BCUT2D eigenvalue weighted by molar-refractivity contribution is -0.178. The molecular formula is C16H20N4O3. The van der Waals surface area contributed by atoms with E-state index in [-0.39, 0.29) is 17.9 Å². The molecule has 0 radical (unpaired) electrons. The maximum atomic E-state index is 12.7. The molecule has 4 rings (SSSR count). The Morgan fingerprint density at radius 2 is 2.00 bits per heavy atom. The second-order valence-corrected chi connectivity index (χ2v) is 6.79. The molecule has 2 unspecified atom stereocenters. The number of amides is 2. The second kappa shape index (κ2) is 5.09. The van der Waals surface area contributed by atoms with Gasteiger partial charge in [-0.3, -0.25) is 29.3 Å². The number of piperazine rings is 1. The van der Waals surface area contributed by atoms with Crippen LogP contribution in [0, 0.1) is 0 Å². The van der Waals surface area contributed by atoms with E-state index in [1.54, 1.807) is 19.4 Å². The van der Waals surface area contributed by atoms with Gasteiger partial charge in [0, 0.05) is 45.6 Å². The van der Waals surface area contributed by atoms with Crippen molar-refractivity contribution in [2.45, 2.75) is 30.7 Å². The highest BCUT2D eigenvalue weighted by Crippen LogP contribution is 2.40.